The van der Waals surface area contributed by atoms with Crippen LogP contribution in [0.5, 0.6) is 5.75 Å². The van der Waals surface area contributed by atoms with Crippen LogP contribution in [0.3, 0.4) is 0 Å². The first-order valence-electron chi connectivity index (χ1n) is 4.57. The van der Waals surface area contributed by atoms with Gasteiger partial charge < -0.3 is 9.64 Å². The highest BCUT2D eigenvalue weighted by Crippen LogP contribution is 2.23. The van der Waals surface area contributed by atoms with Gasteiger partial charge in [-0.25, -0.2) is 0 Å². The molecular formula is C11H14ClNO2. The molecule has 1 aromatic carbocycles. The minimum Gasteiger partial charge on any atom is -0.496 e. The summed E-state index contributed by atoms with van der Waals surface area (Å²) in [6.45, 7) is 1.93. The summed E-state index contributed by atoms with van der Waals surface area (Å²) in [6.07, 6.45) is 0. The first kappa shape index (κ1) is 11.9. The number of nitrogens with zero attached hydrogens (tertiary/aromatic N) is 1. The molecule has 4 heteroatoms. The Morgan fingerprint density at radius 2 is 2.20 bits per heavy atom. The number of methoxy groups -OCH3 is 1. The van der Waals surface area contributed by atoms with E-state index in [0.29, 0.717) is 0 Å². The van der Waals surface area contributed by atoms with Gasteiger partial charge in [0.1, 0.15) is 11.6 Å². The average molecular weight is 228 g/mol. The van der Waals surface area contributed by atoms with E-state index in [9.17, 15) is 4.79 Å². The zero-order chi connectivity index (χ0) is 11.4. The normalized spacial score (nSPS) is 9.87. The Labute approximate surface area is 94.6 Å². The molecule has 0 aliphatic heterocycles. The van der Waals surface area contributed by atoms with Gasteiger partial charge in [0, 0.05) is 12.7 Å². The zero-order valence-corrected chi connectivity index (χ0v) is 9.84. The molecule has 0 saturated heterocycles. The minimum absolute atomic E-state index is 0.0123. The summed E-state index contributed by atoms with van der Waals surface area (Å²) in [4.78, 5) is 12.9. The quantitative estimate of drug-likeness (QED) is 0.741. The molecule has 0 N–H and O–H groups in total. The topological polar surface area (TPSA) is 29.5 Å². The lowest BCUT2D eigenvalue weighted by Crippen LogP contribution is -2.27. The van der Waals surface area contributed by atoms with Gasteiger partial charge in [-0.2, -0.15) is 0 Å². The highest BCUT2D eigenvalue weighted by molar-refractivity contribution is 6.29. The second kappa shape index (κ2) is 5.03. The van der Waals surface area contributed by atoms with Gasteiger partial charge in [-0.05, 0) is 30.7 Å². The number of benzene rings is 1. The lowest BCUT2D eigenvalue weighted by molar-refractivity contribution is -0.116. The standard InChI is InChI=1S/C11H14ClNO2/c1-8-6-9(4-5-10(8)15-3)13(2)11(14)7-12/h4-6H,7H2,1-3H3. The number of amides is 1. The van der Waals surface area contributed by atoms with E-state index in [0.717, 1.165) is 17.0 Å². The summed E-state index contributed by atoms with van der Waals surface area (Å²) in [5.74, 6) is 0.674. The summed E-state index contributed by atoms with van der Waals surface area (Å²) in [5.41, 5.74) is 1.81. The molecule has 0 heterocycles. The summed E-state index contributed by atoms with van der Waals surface area (Å²) in [6, 6.07) is 5.56. The summed E-state index contributed by atoms with van der Waals surface area (Å²) in [5, 5.41) is 0. The van der Waals surface area contributed by atoms with Gasteiger partial charge in [-0.1, -0.05) is 0 Å². The van der Waals surface area contributed by atoms with Crippen LogP contribution in [-0.4, -0.2) is 25.9 Å². The van der Waals surface area contributed by atoms with E-state index in [1.165, 1.54) is 4.90 Å². The van der Waals surface area contributed by atoms with Gasteiger partial charge in [0.15, 0.2) is 0 Å². The fourth-order valence-electron chi connectivity index (χ4n) is 1.30. The zero-order valence-electron chi connectivity index (χ0n) is 9.08. The lowest BCUT2D eigenvalue weighted by atomic mass is 10.2. The first-order chi connectivity index (χ1) is 7.10. The van der Waals surface area contributed by atoms with Crippen LogP contribution in [0, 0.1) is 6.92 Å². The van der Waals surface area contributed by atoms with Crippen molar-refractivity contribution in [2.45, 2.75) is 6.92 Å². The summed E-state index contributed by atoms with van der Waals surface area (Å²) >= 11 is 5.48. The van der Waals surface area contributed by atoms with Gasteiger partial charge in [-0.15, -0.1) is 11.6 Å². The third kappa shape index (κ3) is 2.63. The Hall–Kier alpha value is -1.22. The Morgan fingerprint density at radius 3 is 2.67 bits per heavy atom. The van der Waals surface area contributed by atoms with Crippen molar-refractivity contribution in [2.75, 3.05) is 24.9 Å². The van der Waals surface area contributed by atoms with E-state index in [-0.39, 0.29) is 11.8 Å². The van der Waals surface area contributed by atoms with Gasteiger partial charge in [0.25, 0.3) is 0 Å². The molecule has 1 rings (SSSR count). The molecule has 0 spiro atoms. The highest BCUT2D eigenvalue weighted by Gasteiger charge is 2.10. The van der Waals surface area contributed by atoms with Gasteiger partial charge >= 0.3 is 0 Å². The largest absolute Gasteiger partial charge is 0.496 e. The number of ether oxygens (including phenoxy) is 1. The summed E-state index contributed by atoms with van der Waals surface area (Å²) < 4.78 is 5.14. The van der Waals surface area contributed by atoms with Crippen molar-refractivity contribution in [1.82, 2.24) is 0 Å². The van der Waals surface area contributed by atoms with Crippen LogP contribution in [0.4, 0.5) is 5.69 Å². The number of carbonyl (C=O) groups excluding carboxylic acids is 1. The van der Waals surface area contributed by atoms with Crippen LogP contribution in [-0.2, 0) is 4.79 Å². The Kier molecular flexibility index (Phi) is 3.97. The van der Waals surface area contributed by atoms with Crippen molar-refractivity contribution in [1.29, 1.82) is 0 Å². The fourth-order valence-corrected chi connectivity index (χ4v) is 1.48. The number of anilines is 1. The third-order valence-corrected chi connectivity index (χ3v) is 2.48. The van der Waals surface area contributed by atoms with Crippen molar-refractivity contribution in [3.05, 3.63) is 23.8 Å². The monoisotopic (exact) mass is 227 g/mol. The van der Waals surface area contributed by atoms with E-state index >= 15 is 0 Å². The maximum atomic E-state index is 11.3. The maximum absolute atomic E-state index is 11.3. The molecule has 0 unspecified atom stereocenters. The predicted octanol–water partition coefficient (Wildman–Crippen LogP) is 2.21. The summed E-state index contributed by atoms with van der Waals surface area (Å²) in [7, 11) is 3.32. The van der Waals surface area contributed by atoms with Crippen LogP contribution in [0.2, 0.25) is 0 Å². The SMILES string of the molecule is COc1ccc(N(C)C(=O)CCl)cc1C. The van der Waals surface area contributed by atoms with Crippen molar-refractivity contribution in [2.24, 2.45) is 0 Å². The number of alkyl halides is 1. The molecule has 0 fully saturated rings. The molecule has 15 heavy (non-hydrogen) atoms. The van der Waals surface area contributed by atoms with Crippen molar-refractivity contribution >= 4 is 23.2 Å². The second-order valence-electron chi connectivity index (χ2n) is 3.24. The molecule has 1 aromatic rings. The number of hydrogen-bond acceptors (Lipinski definition) is 2. The fraction of sp³-hybridized carbons (Fsp3) is 0.364. The Bertz CT molecular complexity index is 366. The number of carbonyl (C=O) groups is 1. The molecule has 0 radical (unpaired) electrons. The number of halogens is 1. The van der Waals surface area contributed by atoms with Crippen molar-refractivity contribution < 1.29 is 9.53 Å². The minimum atomic E-state index is -0.124. The van der Waals surface area contributed by atoms with Gasteiger partial charge in [0.2, 0.25) is 5.91 Å². The number of aryl methyl sites for hydroxylation is 1. The van der Waals surface area contributed by atoms with Crippen LogP contribution >= 0.6 is 11.6 Å². The van der Waals surface area contributed by atoms with Crippen LogP contribution < -0.4 is 9.64 Å². The van der Waals surface area contributed by atoms with E-state index in [2.05, 4.69) is 0 Å². The number of hydrogen-bond donors (Lipinski definition) is 0. The molecule has 0 saturated carbocycles. The molecule has 1 amide bonds. The van der Waals surface area contributed by atoms with Crippen molar-refractivity contribution in [3.8, 4) is 5.75 Å². The molecule has 0 aliphatic rings. The van der Waals surface area contributed by atoms with E-state index in [1.54, 1.807) is 14.2 Å². The number of rotatable bonds is 3. The van der Waals surface area contributed by atoms with Crippen LogP contribution in [0.1, 0.15) is 5.56 Å². The molecule has 0 aliphatic carbocycles. The molecule has 0 aromatic heterocycles. The molecular weight excluding hydrogens is 214 g/mol. The first-order valence-corrected chi connectivity index (χ1v) is 5.10. The molecule has 0 atom stereocenters. The van der Waals surface area contributed by atoms with Crippen LogP contribution in [0.15, 0.2) is 18.2 Å². The van der Waals surface area contributed by atoms with Crippen molar-refractivity contribution in [3.63, 3.8) is 0 Å². The van der Waals surface area contributed by atoms with E-state index in [4.69, 9.17) is 16.3 Å². The molecule has 82 valence electrons. The van der Waals surface area contributed by atoms with E-state index < -0.39 is 0 Å². The highest BCUT2D eigenvalue weighted by atomic mass is 35.5. The van der Waals surface area contributed by atoms with Gasteiger partial charge in [-0.3, -0.25) is 4.79 Å². The molecule has 3 nitrogen and oxygen atoms in total. The van der Waals surface area contributed by atoms with Gasteiger partial charge in [0.05, 0.1) is 7.11 Å². The Balaban J connectivity index is 2.97. The van der Waals surface area contributed by atoms with E-state index in [1.807, 2.05) is 25.1 Å². The smallest absolute Gasteiger partial charge is 0.241 e. The second-order valence-corrected chi connectivity index (χ2v) is 3.51. The average Bonchev–Trinajstić information content (AvgIpc) is 2.26. The molecule has 0 bridgehead atoms. The Morgan fingerprint density at radius 1 is 1.53 bits per heavy atom. The lowest BCUT2D eigenvalue weighted by Gasteiger charge is -2.17. The third-order valence-electron chi connectivity index (χ3n) is 2.25. The predicted molar refractivity (Wildman–Crippen MR) is 61.9 cm³/mol. The van der Waals surface area contributed by atoms with Crippen LogP contribution in [0.25, 0.3) is 0 Å². The maximum Gasteiger partial charge on any atom is 0.241 e.